The van der Waals surface area contributed by atoms with Gasteiger partial charge in [-0.15, -0.1) is 5.92 Å². The van der Waals surface area contributed by atoms with Crippen molar-refractivity contribution < 1.29 is 9.53 Å². The van der Waals surface area contributed by atoms with Crippen LogP contribution in [0.2, 0.25) is 0 Å². The van der Waals surface area contributed by atoms with Gasteiger partial charge in [-0.3, -0.25) is 4.79 Å². The minimum Gasteiger partial charge on any atom is -0.481 e. The van der Waals surface area contributed by atoms with Crippen LogP contribution in [0.15, 0.2) is 24.3 Å². The van der Waals surface area contributed by atoms with Gasteiger partial charge in [0.1, 0.15) is 12.4 Å². The third-order valence-corrected chi connectivity index (χ3v) is 2.62. The summed E-state index contributed by atoms with van der Waals surface area (Å²) in [7, 11) is 3.40. The molecule has 102 valence electrons. The molecule has 1 aromatic carbocycles. The molecule has 4 nitrogen and oxygen atoms in total. The van der Waals surface area contributed by atoms with E-state index in [4.69, 9.17) is 10.5 Å². The minimum atomic E-state index is -0.507. The number of rotatable bonds is 5. The second kappa shape index (κ2) is 7.45. The first-order valence-electron chi connectivity index (χ1n) is 6.12. The van der Waals surface area contributed by atoms with Crippen molar-refractivity contribution in [1.29, 1.82) is 0 Å². The van der Waals surface area contributed by atoms with Crippen molar-refractivity contribution in [2.45, 2.75) is 19.4 Å². The first-order valence-corrected chi connectivity index (χ1v) is 6.12. The molecule has 2 N–H and O–H groups in total. The zero-order valence-corrected chi connectivity index (χ0v) is 11.6. The van der Waals surface area contributed by atoms with Gasteiger partial charge in [0.2, 0.25) is 5.91 Å². The third kappa shape index (κ3) is 5.02. The lowest BCUT2D eigenvalue weighted by Gasteiger charge is -2.16. The molecule has 19 heavy (non-hydrogen) atoms. The summed E-state index contributed by atoms with van der Waals surface area (Å²) in [4.78, 5) is 13.2. The smallest absolute Gasteiger partial charge is 0.239 e. The van der Waals surface area contributed by atoms with E-state index in [0.717, 1.165) is 11.3 Å². The second-order valence-electron chi connectivity index (χ2n) is 4.40. The number of likely N-dealkylation sites (N-methyl/N-ethyl adjacent to an activating group) is 1. The predicted octanol–water partition coefficient (Wildman–Crippen LogP) is 1.05. The van der Waals surface area contributed by atoms with Crippen molar-refractivity contribution in [1.82, 2.24) is 4.90 Å². The maximum atomic E-state index is 11.6. The molecule has 4 heteroatoms. The van der Waals surface area contributed by atoms with Crippen molar-refractivity contribution >= 4 is 5.91 Å². The van der Waals surface area contributed by atoms with E-state index in [-0.39, 0.29) is 5.91 Å². The van der Waals surface area contributed by atoms with E-state index in [2.05, 4.69) is 11.8 Å². The van der Waals surface area contributed by atoms with Gasteiger partial charge in [-0.25, -0.2) is 0 Å². The van der Waals surface area contributed by atoms with Crippen LogP contribution in [0, 0.1) is 11.8 Å². The van der Waals surface area contributed by atoms with E-state index in [1.165, 1.54) is 4.90 Å². The lowest BCUT2D eigenvalue weighted by molar-refractivity contribution is -0.130. The van der Waals surface area contributed by atoms with Crippen LogP contribution in [0.1, 0.15) is 12.5 Å². The van der Waals surface area contributed by atoms with Crippen molar-refractivity contribution in [3.8, 4) is 17.6 Å². The highest BCUT2D eigenvalue weighted by atomic mass is 16.5. The van der Waals surface area contributed by atoms with E-state index in [1.54, 1.807) is 21.0 Å². The molecule has 0 bridgehead atoms. The first kappa shape index (κ1) is 15.1. The number of nitrogens with zero attached hydrogens (tertiary/aromatic N) is 1. The van der Waals surface area contributed by atoms with Crippen molar-refractivity contribution in [3.05, 3.63) is 29.8 Å². The first-order chi connectivity index (χ1) is 9.04. The van der Waals surface area contributed by atoms with Gasteiger partial charge in [-0.05, 0) is 31.0 Å². The zero-order chi connectivity index (χ0) is 14.3. The zero-order valence-electron chi connectivity index (χ0n) is 11.6. The van der Waals surface area contributed by atoms with Crippen LogP contribution in [-0.4, -0.2) is 37.6 Å². The Morgan fingerprint density at radius 1 is 1.37 bits per heavy atom. The van der Waals surface area contributed by atoms with Gasteiger partial charge in [-0.1, -0.05) is 18.1 Å². The summed E-state index contributed by atoms with van der Waals surface area (Å²) in [5.41, 5.74) is 6.86. The molecule has 0 unspecified atom stereocenters. The van der Waals surface area contributed by atoms with Crippen LogP contribution >= 0.6 is 0 Å². The van der Waals surface area contributed by atoms with E-state index in [9.17, 15) is 4.79 Å². The van der Waals surface area contributed by atoms with Crippen molar-refractivity contribution in [3.63, 3.8) is 0 Å². The highest BCUT2D eigenvalue weighted by Gasteiger charge is 2.15. The van der Waals surface area contributed by atoms with E-state index < -0.39 is 6.04 Å². The molecular weight excluding hydrogens is 240 g/mol. The van der Waals surface area contributed by atoms with Crippen molar-refractivity contribution in [2.75, 3.05) is 20.7 Å². The van der Waals surface area contributed by atoms with Gasteiger partial charge in [0, 0.05) is 14.1 Å². The number of hydrogen-bond donors (Lipinski definition) is 1. The average Bonchev–Trinajstić information content (AvgIpc) is 2.40. The largest absolute Gasteiger partial charge is 0.481 e. The van der Waals surface area contributed by atoms with Gasteiger partial charge in [0.25, 0.3) is 0 Å². The summed E-state index contributed by atoms with van der Waals surface area (Å²) >= 11 is 0. The van der Waals surface area contributed by atoms with Gasteiger partial charge in [0.15, 0.2) is 0 Å². The number of carbonyl (C=O) groups excluding carboxylic acids is 1. The molecule has 0 saturated heterocycles. The number of amides is 1. The maximum absolute atomic E-state index is 11.6. The Morgan fingerprint density at radius 2 is 2.00 bits per heavy atom. The third-order valence-electron chi connectivity index (χ3n) is 2.62. The Balaban J connectivity index is 2.56. The van der Waals surface area contributed by atoms with E-state index >= 15 is 0 Å². The molecule has 0 aliphatic carbocycles. The molecule has 0 aliphatic rings. The van der Waals surface area contributed by atoms with E-state index in [1.807, 2.05) is 24.3 Å². The number of hydrogen-bond acceptors (Lipinski definition) is 3. The van der Waals surface area contributed by atoms with Crippen LogP contribution in [0.4, 0.5) is 0 Å². The summed E-state index contributed by atoms with van der Waals surface area (Å²) in [5.74, 6) is 6.29. The second-order valence-corrected chi connectivity index (χ2v) is 4.40. The molecule has 1 atom stereocenters. The van der Waals surface area contributed by atoms with Gasteiger partial charge in [0.05, 0.1) is 6.04 Å². The molecular formula is C15H20N2O2. The van der Waals surface area contributed by atoms with Crippen LogP contribution in [0.5, 0.6) is 5.75 Å². The maximum Gasteiger partial charge on any atom is 0.239 e. The fourth-order valence-electron chi connectivity index (χ4n) is 1.59. The SMILES string of the molecule is CC#CCOc1ccc(C[C@H](N)C(=O)N(C)C)cc1. The quantitative estimate of drug-likeness (QED) is 0.805. The van der Waals surface area contributed by atoms with Crippen LogP contribution in [0.25, 0.3) is 0 Å². The molecule has 1 aromatic rings. The molecule has 1 amide bonds. The molecule has 0 radical (unpaired) electrons. The standard InChI is InChI=1S/C15H20N2O2/c1-4-5-10-19-13-8-6-12(7-9-13)11-14(16)15(18)17(2)3/h6-9,14H,10-11,16H2,1-3H3/t14-/m0/s1. The lowest BCUT2D eigenvalue weighted by Crippen LogP contribution is -2.41. The van der Waals surface area contributed by atoms with Crippen LogP contribution in [0.3, 0.4) is 0 Å². The van der Waals surface area contributed by atoms with Crippen LogP contribution < -0.4 is 10.5 Å². The molecule has 0 saturated carbocycles. The molecule has 0 heterocycles. The molecule has 0 fully saturated rings. The number of nitrogens with two attached hydrogens (primary N) is 1. The van der Waals surface area contributed by atoms with E-state index in [0.29, 0.717) is 13.0 Å². The summed E-state index contributed by atoms with van der Waals surface area (Å²) in [6.07, 6.45) is 0.520. The summed E-state index contributed by atoms with van der Waals surface area (Å²) in [6.45, 7) is 2.16. The normalized spacial score (nSPS) is 11.2. The van der Waals surface area contributed by atoms with Gasteiger partial charge < -0.3 is 15.4 Å². The molecule has 0 aromatic heterocycles. The molecule has 1 rings (SSSR count). The van der Waals surface area contributed by atoms with Crippen molar-refractivity contribution in [2.24, 2.45) is 5.73 Å². The number of benzene rings is 1. The fraction of sp³-hybridized carbons (Fsp3) is 0.400. The van der Waals surface area contributed by atoms with Crippen LogP contribution in [-0.2, 0) is 11.2 Å². The average molecular weight is 260 g/mol. The lowest BCUT2D eigenvalue weighted by atomic mass is 10.1. The Hall–Kier alpha value is -1.99. The Morgan fingerprint density at radius 3 is 2.53 bits per heavy atom. The highest BCUT2D eigenvalue weighted by molar-refractivity contribution is 5.81. The molecule has 0 spiro atoms. The molecule has 0 aliphatic heterocycles. The van der Waals surface area contributed by atoms with Gasteiger partial charge in [-0.2, -0.15) is 0 Å². The predicted molar refractivity (Wildman–Crippen MR) is 75.8 cm³/mol. The summed E-state index contributed by atoms with van der Waals surface area (Å²) < 4.78 is 5.41. The Labute approximate surface area is 114 Å². The Bertz CT molecular complexity index is 469. The number of ether oxygens (including phenoxy) is 1. The summed E-state index contributed by atoms with van der Waals surface area (Å²) in [5, 5.41) is 0. The number of carbonyl (C=O) groups is 1. The summed E-state index contributed by atoms with van der Waals surface area (Å²) in [6, 6.07) is 7.04. The highest BCUT2D eigenvalue weighted by Crippen LogP contribution is 2.13. The topological polar surface area (TPSA) is 55.6 Å². The van der Waals surface area contributed by atoms with Gasteiger partial charge >= 0.3 is 0 Å². The monoisotopic (exact) mass is 260 g/mol. The fourth-order valence-corrected chi connectivity index (χ4v) is 1.59. The minimum absolute atomic E-state index is 0.0708. The Kier molecular flexibility index (Phi) is 5.91.